The quantitative estimate of drug-likeness (QED) is 0.899. The summed E-state index contributed by atoms with van der Waals surface area (Å²) in [5.74, 6) is -0.216. The van der Waals surface area contributed by atoms with Crippen molar-refractivity contribution in [1.29, 1.82) is 0 Å². The Kier molecular flexibility index (Phi) is 4.08. The third kappa shape index (κ3) is 3.38. The summed E-state index contributed by atoms with van der Waals surface area (Å²) in [6.07, 6.45) is -0.0924. The van der Waals surface area contributed by atoms with E-state index in [2.05, 4.69) is 0 Å². The highest BCUT2D eigenvalue weighted by Crippen LogP contribution is 2.31. The molecule has 3 nitrogen and oxygen atoms in total. The van der Waals surface area contributed by atoms with Crippen molar-refractivity contribution in [3.63, 3.8) is 0 Å². The predicted molar refractivity (Wildman–Crippen MR) is 77.9 cm³/mol. The molecule has 0 aromatic heterocycles. The summed E-state index contributed by atoms with van der Waals surface area (Å²) < 4.78 is 5.97. The molecule has 2 aromatic rings. The first-order valence-corrected chi connectivity index (χ1v) is 6.53. The molecule has 0 heterocycles. The molecule has 1 atom stereocenters. The van der Waals surface area contributed by atoms with Gasteiger partial charge in [-0.3, -0.25) is 4.79 Å². The lowest BCUT2D eigenvalue weighted by molar-refractivity contribution is -0.141. The van der Waals surface area contributed by atoms with Gasteiger partial charge in [0, 0.05) is 0 Å². The molecular weight excluding hydrogens is 252 g/mol. The second-order valence-corrected chi connectivity index (χ2v) is 5.08. The lowest BCUT2D eigenvalue weighted by atomic mass is 9.92. The van der Waals surface area contributed by atoms with Crippen LogP contribution in [0.1, 0.15) is 24.5 Å². The van der Waals surface area contributed by atoms with E-state index < -0.39 is 11.6 Å². The van der Waals surface area contributed by atoms with Crippen LogP contribution >= 0.6 is 0 Å². The number of aliphatic carboxylic acids is 1. The highest BCUT2D eigenvalue weighted by atomic mass is 16.5. The highest BCUT2D eigenvalue weighted by Gasteiger charge is 2.31. The van der Waals surface area contributed by atoms with Crippen LogP contribution in [0.3, 0.4) is 0 Å². The molecule has 0 saturated carbocycles. The lowest BCUT2D eigenvalue weighted by Crippen LogP contribution is -2.32. The Morgan fingerprint density at radius 1 is 1.10 bits per heavy atom. The maximum absolute atomic E-state index is 11.2. The summed E-state index contributed by atoms with van der Waals surface area (Å²) >= 11 is 0. The maximum Gasteiger partial charge on any atom is 0.307 e. The number of carboxylic acids is 1. The molecule has 104 valence electrons. The number of benzene rings is 2. The Balaban J connectivity index is 2.32. The number of aryl methyl sites for hydroxylation is 1. The van der Waals surface area contributed by atoms with Crippen LogP contribution in [-0.4, -0.2) is 11.1 Å². The van der Waals surface area contributed by atoms with Gasteiger partial charge in [0.15, 0.2) is 0 Å². The van der Waals surface area contributed by atoms with Crippen LogP contribution in [0.4, 0.5) is 0 Å². The Hall–Kier alpha value is -2.29. The van der Waals surface area contributed by atoms with Gasteiger partial charge in [-0.25, -0.2) is 0 Å². The van der Waals surface area contributed by atoms with Gasteiger partial charge in [0.2, 0.25) is 0 Å². The molecule has 0 amide bonds. The van der Waals surface area contributed by atoms with Crippen LogP contribution in [-0.2, 0) is 10.4 Å². The van der Waals surface area contributed by atoms with E-state index in [9.17, 15) is 4.79 Å². The summed E-state index contributed by atoms with van der Waals surface area (Å²) in [4.78, 5) is 11.2. The second-order valence-electron chi connectivity index (χ2n) is 5.08. The van der Waals surface area contributed by atoms with Gasteiger partial charge in [0.1, 0.15) is 11.4 Å². The van der Waals surface area contributed by atoms with Crippen molar-refractivity contribution in [3.05, 3.63) is 65.7 Å². The van der Waals surface area contributed by atoms with Crippen molar-refractivity contribution in [2.45, 2.75) is 25.9 Å². The molecule has 2 aromatic carbocycles. The maximum atomic E-state index is 11.2. The topological polar surface area (TPSA) is 46.5 Å². The van der Waals surface area contributed by atoms with E-state index in [0.29, 0.717) is 5.75 Å². The smallest absolute Gasteiger partial charge is 0.307 e. The third-order valence-electron chi connectivity index (χ3n) is 3.24. The van der Waals surface area contributed by atoms with Crippen LogP contribution in [0.5, 0.6) is 5.75 Å². The molecule has 20 heavy (non-hydrogen) atoms. The molecule has 0 spiro atoms. The average molecular weight is 270 g/mol. The Labute approximate surface area is 118 Å². The van der Waals surface area contributed by atoms with E-state index in [4.69, 9.17) is 9.84 Å². The van der Waals surface area contributed by atoms with Crippen molar-refractivity contribution in [2.75, 3.05) is 0 Å². The summed E-state index contributed by atoms with van der Waals surface area (Å²) in [5.41, 5.74) is 1.10. The minimum atomic E-state index is -0.887. The van der Waals surface area contributed by atoms with Crippen LogP contribution in [0.25, 0.3) is 0 Å². The van der Waals surface area contributed by atoms with Gasteiger partial charge in [-0.1, -0.05) is 48.0 Å². The van der Waals surface area contributed by atoms with Crippen molar-refractivity contribution in [2.24, 2.45) is 0 Å². The Morgan fingerprint density at radius 3 is 2.25 bits per heavy atom. The van der Waals surface area contributed by atoms with Gasteiger partial charge < -0.3 is 9.84 Å². The standard InChI is InChI=1S/C17H18O3/c1-13-8-10-15(11-9-13)20-17(2,12-16(18)19)14-6-4-3-5-7-14/h3-11H,12H2,1-2H3,(H,18,19). The monoisotopic (exact) mass is 270 g/mol. The molecule has 0 aliphatic carbocycles. The van der Waals surface area contributed by atoms with Crippen LogP contribution < -0.4 is 4.74 Å². The Bertz CT molecular complexity index is 575. The van der Waals surface area contributed by atoms with Gasteiger partial charge in [-0.05, 0) is 31.5 Å². The molecule has 0 fully saturated rings. The lowest BCUT2D eigenvalue weighted by Gasteiger charge is -2.30. The zero-order valence-electron chi connectivity index (χ0n) is 11.7. The number of carbonyl (C=O) groups is 1. The van der Waals surface area contributed by atoms with Crippen LogP contribution in [0.15, 0.2) is 54.6 Å². The minimum absolute atomic E-state index is 0.0924. The molecular formula is C17H18O3. The molecule has 1 unspecified atom stereocenters. The predicted octanol–water partition coefficient (Wildman–Crippen LogP) is 3.76. The molecule has 0 radical (unpaired) electrons. The van der Waals surface area contributed by atoms with Crippen LogP contribution in [0, 0.1) is 6.92 Å². The number of hydrogen-bond acceptors (Lipinski definition) is 2. The van der Waals surface area contributed by atoms with Gasteiger partial charge in [0.05, 0.1) is 6.42 Å². The van der Waals surface area contributed by atoms with E-state index in [0.717, 1.165) is 11.1 Å². The first-order chi connectivity index (χ1) is 9.49. The third-order valence-corrected chi connectivity index (χ3v) is 3.24. The zero-order chi connectivity index (χ0) is 14.6. The molecule has 0 aliphatic rings. The number of rotatable bonds is 5. The fourth-order valence-electron chi connectivity index (χ4n) is 2.14. The van der Waals surface area contributed by atoms with Crippen molar-refractivity contribution >= 4 is 5.97 Å². The van der Waals surface area contributed by atoms with Crippen molar-refractivity contribution < 1.29 is 14.6 Å². The Morgan fingerprint density at radius 2 is 1.70 bits per heavy atom. The fraction of sp³-hybridized carbons (Fsp3) is 0.235. The normalized spacial score (nSPS) is 13.5. The minimum Gasteiger partial charge on any atom is -0.482 e. The molecule has 0 saturated heterocycles. The summed E-state index contributed by atoms with van der Waals surface area (Å²) in [6.45, 7) is 3.80. The molecule has 0 aliphatic heterocycles. The van der Waals surface area contributed by atoms with E-state index in [1.54, 1.807) is 6.92 Å². The van der Waals surface area contributed by atoms with E-state index in [1.807, 2.05) is 61.5 Å². The van der Waals surface area contributed by atoms with Gasteiger partial charge >= 0.3 is 5.97 Å². The zero-order valence-corrected chi connectivity index (χ0v) is 11.7. The van der Waals surface area contributed by atoms with Gasteiger partial charge in [-0.2, -0.15) is 0 Å². The van der Waals surface area contributed by atoms with Gasteiger partial charge in [0.25, 0.3) is 0 Å². The molecule has 0 bridgehead atoms. The summed E-state index contributed by atoms with van der Waals surface area (Å²) in [7, 11) is 0. The average Bonchev–Trinajstić information content (AvgIpc) is 2.42. The first-order valence-electron chi connectivity index (χ1n) is 6.53. The molecule has 1 N–H and O–H groups in total. The van der Waals surface area contributed by atoms with Crippen molar-refractivity contribution in [1.82, 2.24) is 0 Å². The van der Waals surface area contributed by atoms with Crippen LogP contribution in [0.2, 0.25) is 0 Å². The first kappa shape index (κ1) is 14.1. The summed E-state index contributed by atoms with van der Waals surface area (Å²) in [6, 6.07) is 17.0. The largest absolute Gasteiger partial charge is 0.482 e. The van der Waals surface area contributed by atoms with E-state index in [-0.39, 0.29) is 6.42 Å². The SMILES string of the molecule is Cc1ccc(OC(C)(CC(=O)O)c2ccccc2)cc1. The second kappa shape index (κ2) is 5.78. The molecule has 2 rings (SSSR count). The number of hydrogen-bond donors (Lipinski definition) is 1. The molecule has 3 heteroatoms. The number of ether oxygens (including phenoxy) is 1. The van der Waals surface area contributed by atoms with Crippen molar-refractivity contribution in [3.8, 4) is 5.75 Å². The van der Waals surface area contributed by atoms with E-state index >= 15 is 0 Å². The highest BCUT2D eigenvalue weighted by molar-refractivity contribution is 5.68. The number of carboxylic acid groups (broad SMARTS) is 1. The summed E-state index contributed by atoms with van der Waals surface area (Å²) in [5, 5.41) is 9.15. The fourth-order valence-corrected chi connectivity index (χ4v) is 2.14. The van der Waals surface area contributed by atoms with E-state index in [1.165, 1.54) is 0 Å². The van der Waals surface area contributed by atoms with Gasteiger partial charge in [-0.15, -0.1) is 0 Å².